The van der Waals surface area contributed by atoms with Gasteiger partial charge in [0, 0.05) is 37.8 Å². The Bertz CT molecular complexity index is 381. The minimum absolute atomic E-state index is 0. The Balaban J connectivity index is 0.00000288. The zero-order valence-electron chi connectivity index (χ0n) is 15.4. The minimum atomic E-state index is 0. The van der Waals surface area contributed by atoms with Crippen LogP contribution in [0.5, 0.6) is 0 Å². The molecule has 0 aromatic rings. The molecule has 7 heteroatoms. The molecule has 2 unspecified atom stereocenters. The number of hydrogen-bond donors (Lipinski definition) is 3. The summed E-state index contributed by atoms with van der Waals surface area (Å²) in [4.78, 5) is 7.09. The molecule has 1 saturated heterocycles. The summed E-state index contributed by atoms with van der Waals surface area (Å²) in [5, 5.41) is 16.2. The molecule has 0 aromatic carbocycles. The molecule has 0 bridgehead atoms. The van der Waals surface area contributed by atoms with E-state index in [9.17, 15) is 5.11 Å². The van der Waals surface area contributed by atoms with E-state index in [2.05, 4.69) is 36.6 Å². The van der Waals surface area contributed by atoms with E-state index in [0.29, 0.717) is 19.2 Å². The van der Waals surface area contributed by atoms with E-state index in [0.717, 1.165) is 44.4 Å². The minimum Gasteiger partial charge on any atom is -0.396 e. The lowest BCUT2D eigenvalue weighted by atomic mass is 9.84. The zero-order valence-corrected chi connectivity index (χ0v) is 17.7. The molecule has 0 aromatic heterocycles. The second-order valence-corrected chi connectivity index (χ2v) is 7.22. The van der Waals surface area contributed by atoms with Gasteiger partial charge in [0.05, 0.1) is 13.2 Å². The van der Waals surface area contributed by atoms with E-state index in [1.165, 1.54) is 12.8 Å². The van der Waals surface area contributed by atoms with Crippen LogP contribution in [0.3, 0.4) is 0 Å². The number of hydrogen-bond acceptors (Lipinski definition) is 4. The molecule has 2 aliphatic rings. The monoisotopic (exact) mass is 454 g/mol. The van der Waals surface area contributed by atoms with Crippen LogP contribution in [0, 0.1) is 11.3 Å². The summed E-state index contributed by atoms with van der Waals surface area (Å²) in [6, 6.07) is 0.570. The molecule has 1 aliphatic carbocycles. The second-order valence-electron chi connectivity index (χ2n) is 7.22. The highest BCUT2D eigenvalue weighted by Crippen LogP contribution is 2.34. The van der Waals surface area contributed by atoms with Gasteiger partial charge in [-0.3, -0.25) is 4.99 Å². The Morgan fingerprint density at radius 1 is 1.38 bits per heavy atom. The fourth-order valence-corrected chi connectivity index (χ4v) is 3.33. The van der Waals surface area contributed by atoms with E-state index < -0.39 is 0 Å². The van der Waals surface area contributed by atoms with Crippen LogP contribution >= 0.6 is 24.0 Å². The number of halogens is 1. The van der Waals surface area contributed by atoms with Crippen LogP contribution in [0.1, 0.15) is 32.6 Å². The van der Waals surface area contributed by atoms with Crippen LogP contribution in [0.4, 0.5) is 0 Å². The zero-order chi connectivity index (χ0) is 16.7. The van der Waals surface area contributed by atoms with Crippen molar-refractivity contribution in [3.63, 3.8) is 0 Å². The summed E-state index contributed by atoms with van der Waals surface area (Å²) >= 11 is 0. The van der Waals surface area contributed by atoms with Crippen molar-refractivity contribution in [1.29, 1.82) is 0 Å². The van der Waals surface area contributed by atoms with Gasteiger partial charge in [-0.1, -0.05) is 0 Å². The number of rotatable bonds is 9. The summed E-state index contributed by atoms with van der Waals surface area (Å²) in [5.41, 5.74) is 0.00848. The van der Waals surface area contributed by atoms with Crippen molar-refractivity contribution in [3.8, 4) is 0 Å². The molecule has 0 radical (unpaired) electrons. The summed E-state index contributed by atoms with van der Waals surface area (Å²) in [6.07, 6.45) is 4.43. The first kappa shape index (κ1) is 21.9. The summed E-state index contributed by atoms with van der Waals surface area (Å²) < 4.78 is 5.55. The molecule has 1 heterocycles. The number of ether oxygens (including phenoxy) is 1. The summed E-state index contributed by atoms with van der Waals surface area (Å²) in [6.45, 7) is 6.26. The van der Waals surface area contributed by atoms with Crippen molar-refractivity contribution in [2.45, 2.75) is 38.6 Å². The lowest BCUT2D eigenvalue weighted by Gasteiger charge is -2.27. The highest BCUT2D eigenvalue weighted by Gasteiger charge is 2.35. The molecule has 142 valence electrons. The largest absolute Gasteiger partial charge is 0.396 e. The molecule has 0 amide bonds. The van der Waals surface area contributed by atoms with Crippen LogP contribution in [-0.2, 0) is 4.74 Å². The van der Waals surface area contributed by atoms with Gasteiger partial charge >= 0.3 is 0 Å². The number of aliphatic hydroxyl groups is 1. The van der Waals surface area contributed by atoms with Gasteiger partial charge in [-0.05, 0) is 52.6 Å². The predicted octanol–water partition coefficient (Wildman–Crippen LogP) is 1.29. The third-order valence-electron chi connectivity index (χ3n) is 5.05. The lowest BCUT2D eigenvalue weighted by molar-refractivity contribution is 0.131. The van der Waals surface area contributed by atoms with Gasteiger partial charge < -0.3 is 25.4 Å². The van der Waals surface area contributed by atoms with E-state index >= 15 is 0 Å². The third kappa shape index (κ3) is 6.65. The average Bonchev–Trinajstić information content (AvgIpc) is 3.24. The van der Waals surface area contributed by atoms with E-state index in [4.69, 9.17) is 9.73 Å². The molecule has 1 aliphatic heterocycles. The maximum atomic E-state index is 9.32. The number of nitrogens with zero attached hydrogens (tertiary/aromatic N) is 2. The van der Waals surface area contributed by atoms with Crippen molar-refractivity contribution in [2.75, 3.05) is 53.6 Å². The molecule has 6 nitrogen and oxygen atoms in total. The van der Waals surface area contributed by atoms with E-state index in [1.54, 1.807) is 0 Å². The van der Waals surface area contributed by atoms with Crippen LogP contribution in [0.25, 0.3) is 0 Å². The Labute approximate surface area is 163 Å². The maximum absolute atomic E-state index is 9.32. The number of aliphatic imine (C=N–C) groups is 1. The smallest absolute Gasteiger partial charge is 0.191 e. The molecule has 2 atom stereocenters. The topological polar surface area (TPSA) is 69.1 Å². The van der Waals surface area contributed by atoms with Crippen LogP contribution < -0.4 is 10.6 Å². The molecule has 24 heavy (non-hydrogen) atoms. The van der Waals surface area contributed by atoms with Crippen LogP contribution in [0.2, 0.25) is 0 Å². The summed E-state index contributed by atoms with van der Waals surface area (Å²) in [5.74, 6) is 1.70. The van der Waals surface area contributed by atoms with Gasteiger partial charge in [0.2, 0.25) is 0 Å². The van der Waals surface area contributed by atoms with E-state index in [-0.39, 0.29) is 36.0 Å². The highest BCUT2D eigenvalue weighted by atomic mass is 127. The molecular weight excluding hydrogens is 419 g/mol. The number of aliphatic hydroxyl groups excluding tert-OH is 1. The van der Waals surface area contributed by atoms with Crippen molar-refractivity contribution >= 4 is 29.9 Å². The SMILES string of the molecule is CCNC(=NCC1(CCO)CCOC1)NCC(C1CC1)N(C)C.I. The normalized spacial score (nSPS) is 25.5. The van der Waals surface area contributed by atoms with Gasteiger partial charge in [0.25, 0.3) is 0 Å². The predicted molar refractivity (Wildman–Crippen MR) is 109 cm³/mol. The first-order valence-corrected chi connectivity index (χ1v) is 8.97. The number of likely N-dealkylation sites (N-methyl/N-ethyl adjacent to an activating group) is 1. The molecule has 2 rings (SSSR count). The lowest BCUT2D eigenvalue weighted by Crippen LogP contribution is -2.46. The fourth-order valence-electron chi connectivity index (χ4n) is 3.33. The Hall–Kier alpha value is -0.120. The van der Waals surface area contributed by atoms with Gasteiger partial charge in [-0.15, -0.1) is 24.0 Å². The van der Waals surface area contributed by atoms with Gasteiger partial charge in [-0.2, -0.15) is 0 Å². The fraction of sp³-hybridized carbons (Fsp3) is 0.941. The number of guanidine groups is 1. The standard InChI is InChI=1S/C17H34N4O2.HI/c1-4-18-16(19-11-15(21(2)3)14-5-6-14)20-12-17(7-9-22)8-10-23-13-17;/h14-15,22H,4-13H2,1-3H3,(H2,18,19,20);1H. The van der Waals surface area contributed by atoms with Crippen molar-refractivity contribution in [3.05, 3.63) is 0 Å². The first-order valence-electron chi connectivity index (χ1n) is 8.97. The van der Waals surface area contributed by atoms with Crippen LogP contribution in [0.15, 0.2) is 4.99 Å². The first-order chi connectivity index (χ1) is 11.1. The molecule has 3 N–H and O–H groups in total. The highest BCUT2D eigenvalue weighted by molar-refractivity contribution is 14.0. The van der Waals surface area contributed by atoms with Crippen LogP contribution in [-0.4, -0.2) is 75.6 Å². The van der Waals surface area contributed by atoms with Gasteiger partial charge in [0.1, 0.15) is 0 Å². The Kier molecular flexibility index (Phi) is 9.84. The molecule has 2 fully saturated rings. The van der Waals surface area contributed by atoms with Crippen molar-refractivity contribution < 1.29 is 9.84 Å². The third-order valence-corrected chi connectivity index (χ3v) is 5.05. The molecule has 0 spiro atoms. The average molecular weight is 454 g/mol. The summed E-state index contributed by atoms with van der Waals surface area (Å²) in [7, 11) is 4.31. The Morgan fingerprint density at radius 2 is 2.12 bits per heavy atom. The molecule has 1 saturated carbocycles. The Morgan fingerprint density at radius 3 is 2.62 bits per heavy atom. The molecular formula is C17H35IN4O2. The van der Waals surface area contributed by atoms with Crippen molar-refractivity contribution in [2.24, 2.45) is 16.3 Å². The number of nitrogens with one attached hydrogen (secondary N) is 2. The van der Waals surface area contributed by atoms with Gasteiger partial charge in [-0.25, -0.2) is 0 Å². The second kappa shape index (κ2) is 10.8. The quantitative estimate of drug-likeness (QED) is 0.278. The van der Waals surface area contributed by atoms with Gasteiger partial charge in [0.15, 0.2) is 5.96 Å². The van der Waals surface area contributed by atoms with Crippen molar-refractivity contribution in [1.82, 2.24) is 15.5 Å². The maximum Gasteiger partial charge on any atom is 0.191 e. The van der Waals surface area contributed by atoms with E-state index in [1.807, 2.05) is 0 Å².